The van der Waals surface area contributed by atoms with Gasteiger partial charge in [-0.2, -0.15) is 0 Å². The van der Waals surface area contributed by atoms with Crippen LogP contribution in [0.5, 0.6) is 0 Å². The van der Waals surface area contributed by atoms with E-state index in [-0.39, 0.29) is 11.5 Å². The van der Waals surface area contributed by atoms with Crippen LogP contribution in [0.2, 0.25) is 0 Å². The van der Waals surface area contributed by atoms with Crippen molar-refractivity contribution in [2.24, 2.45) is 0 Å². The molecule has 158 valence electrons. The van der Waals surface area contributed by atoms with Crippen LogP contribution in [-0.4, -0.2) is 48.1 Å². The molecule has 0 fully saturated rings. The van der Waals surface area contributed by atoms with Gasteiger partial charge in [-0.15, -0.1) is 5.10 Å². The summed E-state index contributed by atoms with van der Waals surface area (Å²) in [5, 5.41) is 11.8. The molecule has 0 aliphatic heterocycles. The summed E-state index contributed by atoms with van der Waals surface area (Å²) in [4.78, 5) is 29.1. The minimum atomic E-state index is -0.697. The van der Waals surface area contributed by atoms with Crippen LogP contribution in [0.15, 0.2) is 47.4 Å². The van der Waals surface area contributed by atoms with E-state index in [9.17, 15) is 9.59 Å². The number of aryl methyl sites for hydroxylation is 1. The third-order valence-corrected chi connectivity index (χ3v) is 4.98. The predicted molar refractivity (Wildman–Crippen MR) is 108 cm³/mol. The Morgan fingerprint density at radius 1 is 1.10 bits per heavy atom. The second kappa shape index (κ2) is 8.34. The summed E-state index contributed by atoms with van der Waals surface area (Å²) in [5.41, 5.74) is 3.56. The highest BCUT2D eigenvalue weighted by Crippen LogP contribution is 2.20. The Balaban J connectivity index is 1.44. The lowest BCUT2D eigenvalue weighted by Crippen LogP contribution is -2.16. The minimum Gasteiger partial charge on any atom is -0.452 e. The van der Waals surface area contributed by atoms with Crippen molar-refractivity contribution in [1.29, 1.82) is 0 Å². The number of pyridine rings is 1. The lowest BCUT2D eigenvalue weighted by Gasteiger charge is -2.06. The number of hydrogen-bond acceptors (Lipinski definition) is 8. The summed E-state index contributed by atoms with van der Waals surface area (Å²) in [6.45, 7) is 5.42. The molecule has 0 saturated carbocycles. The maximum Gasteiger partial charge on any atom is 0.361 e. The number of hydrogen-bond donors (Lipinski definition) is 0. The van der Waals surface area contributed by atoms with E-state index in [4.69, 9.17) is 9.26 Å². The molecule has 0 spiro atoms. The molecular weight excluding hydrogens is 400 g/mol. The van der Waals surface area contributed by atoms with E-state index in [0.29, 0.717) is 29.3 Å². The van der Waals surface area contributed by atoms with E-state index in [1.807, 2.05) is 19.1 Å². The van der Waals surface area contributed by atoms with Crippen molar-refractivity contribution in [1.82, 2.24) is 29.7 Å². The average Bonchev–Trinajstić information content (AvgIpc) is 3.47. The van der Waals surface area contributed by atoms with Crippen molar-refractivity contribution in [2.45, 2.75) is 27.3 Å². The van der Waals surface area contributed by atoms with Gasteiger partial charge < -0.3 is 9.26 Å². The highest BCUT2D eigenvalue weighted by Gasteiger charge is 2.22. The third-order valence-electron chi connectivity index (χ3n) is 4.98. The molecule has 4 aromatic rings. The van der Waals surface area contributed by atoms with Gasteiger partial charge >= 0.3 is 5.97 Å². The molecule has 0 aliphatic carbocycles. The lowest BCUT2D eigenvalue weighted by atomic mass is 10.1. The molecule has 0 bridgehead atoms. The Labute approximate surface area is 177 Å². The Morgan fingerprint density at radius 2 is 1.87 bits per heavy atom. The molecule has 0 N–H and O–H groups in total. The van der Waals surface area contributed by atoms with E-state index in [1.165, 1.54) is 6.26 Å². The second-order valence-corrected chi connectivity index (χ2v) is 7.01. The topological polar surface area (TPSA) is 118 Å². The van der Waals surface area contributed by atoms with Gasteiger partial charge in [0.25, 0.3) is 0 Å². The first-order chi connectivity index (χ1) is 15.0. The van der Waals surface area contributed by atoms with Gasteiger partial charge in [-0.05, 0) is 44.5 Å². The van der Waals surface area contributed by atoms with Gasteiger partial charge in [0.1, 0.15) is 6.26 Å². The Bertz CT molecular complexity index is 1220. The van der Waals surface area contributed by atoms with E-state index in [0.717, 1.165) is 11.3 Å². The van der Waals surface area contributed by atoms with Crippen LogP contribution in [0, 0.1) is 20.8 Å². The molecule has 10 nitrogen and oxygen atoms in total. The normalized spacial score (nSPS) is 10.9. The Kier molecular flexibility index (Phi) is 5.44. The molecule has 4 aromatic heterocycles. The highest BCUT2D eigenvalue weighted by molar-refractivity contribution is 6.00. The minimum absolute atomic E-state index is 0.0786. The van der Waals surface area contributed by atoms with Crippen molar-refractivity contribution >= 4 is 11.8 Å². The quantitative estimate of drug-likeness (QED) is 0.330. The van der Waals surface area contributed by atoms with Gasteiger partial charge in [-0.1, -0.05) is 10.4 Å². The number of esters is 1. The fourth-order valence-electron chi connectivity index (χ4n) is 3.36. The summed E-state index contributed by atoms with van der Waals surface area (Å²) in [5.74, 6) is -0.442. The molecule has 4 rings (SSSR count). The molecule has 10 heteroatoms. The van der Waals surface area contributed by atoms with Gasteiger partial charge in [0.15, 0.2) is 18.1 Å². The fraction of sp³-hybridized carbons (Fsp3) is 0.238. The number of nitrogens with zero attached hydrogens (tertiary/aromatic N) is 6. The van der Waals surface area contributed by atoms with E-state index >= 15 is 0 Å². The van der Waals surface area contributed by atoms with Gasteiger partial charge in [0.2, 0.25) is 5.78 Å². The van der Waals surface area contributed by atoms with Crippen LogP contribution >= 0.6 is 0 Å². The molecule has 0 amide bonds. The summed E-state index contributed by atoms with van der Waals surface area (Å²) in [7, 11) is 0. The standard InChI is InChI=1S/C21H20N6O4/c1-13-10-17(14(2)27(13)19-6-9-31-24-19)18(28)12-30-21(29)20-15(3)26(25-23-20)11-16-4-7-22-8-5-16/h4-10H,11-12H2,1-3H3. The van der Waals surface area contributed by atoms with Crippen LogP contribution in [0.4, 0.5) is 0 Å². The van der Waals surface area contributed by atoms with Gasteiger partial charge in [-0.25, -0.2) is 9.48 Å². The first-order valence-electron chi connectivity index (χ1n) is 9.54. The number of aromatic nitrogens is 6. The lowest BCUT2D eigenvalue weighted by molar-refractivity contribution is 0.0467. The summed E-state index contributed by atoms with van der Waals surface area (Å²) in [6.07, 6.45) is 4.83. The zero-order valence-corrected chi connectivity index (χ0v) is 17.3. The van der Waals surface area contributed by atoms with E-state index in [1.54, 1.807) is 47.6 Å². The van der Waals surface area contributed by atoms with Crippen LogP contribution < -0.4 is 0 Å². The number of rotatable bonds is 7. The zero-order chi connectivity index (χ0) is 22.0. The molecule has 0 aromatic carbocycles. The molecule has 0 unspecified atom stereocenters. The zero-order valence-electron chi connectivity index (χ0n) is 17.3. The molecule has 0 aliphatic rings. The first-order valence-corrected chi connectivity index (χ1v) is 9.54. The predicted octanol–water partition coefficient (Wildman–Crippen LogP) is 2.47. The number of Topliss-reactive ketones (excluding diaryl/α,β-unsaturated/α-hetero) is 1. The summed E-state index contributed by atoms with van der Waals surface area (Å²) < 4.78 is 13.5. The maximum absolute atomic E-state index is 12.7. The smallest absolute Gasteiger partial charge is 0.361 e. The largest absolute Gasteiger partial charge is 0.452 e. The van der Waals surface area contributed by atoms with Gasteiger partial charge in [0, 0.05) is 35.4 Å². The molecule has 0 saturated heterocycles. The molecule has 4 heterocycles. The van der Waals surface area contributed by atoms with E-state index in [2.05, 4.69) is 20.5 Å². The van der Waals surface area contributed by atoms with Crippen molar-refractivity contribution < 1.29 is 18.8 Å². The number of ether oxygens (including phenoxy) is 1. The van der Waals surface area contributed by atoms with Gasteiger partial charge in [0.05, 0.1) is 12.2 Å². The molecule has 0 radical (unpaired) electrons. The summed E-state index contributed by atoms with van der Waals surface area (Å²) in [6, 6.07) is 7.14. The molecule has 0 atom stereocenters. The third kappa shape index (κ3) is 4.00. The highest BCUT2D eigenvalue weighted by atomic mass is 16.5. The van der Waals surface area contributed by atoms with Crippen molar-refractivity contribution in [3.05, 3.63) is 76.8 Å². The fourth-order valence-corrected chi connectivity index (χ4v) is 3.36. The van der Waals surface area contributed by atoms with Crippen molar-refractivity contribution in [3.63, 3.8) is 0 Å². The van der Waals surface area contributed by atoms with E-state index < -0.39 is 12.6 Å². The number of ketones is 1. The van der Waals surface area contributed by atoms with Gasteiger partial charge in [-0.3, -0.25) is 14.3 Å². The first kappa shape index (κ1) is 20.2. The van der Waals surface area contributed by atoms with Crippen LogP contribution in [0.25, 0.3) is 5.82 Å². The second-order valence-electron chi connectivity index (χ2n) is 7.01. The molecular formula is C21H20N6O4. The van der Waals surface area contributed by atoms with Crippen molar-refractivity contribution in [2.75, 3.05) is 6.61 Å². The molecule has 31 heavy (non-hydrogen) atoms. The summed E-state index contributed by atoms with van der Waals surface area (Å²) >= 11 is 0. The van der Waals surface area contributed by atoms with Crippen LogP contribution in [0.3, 0.4) is 0 Å². The number of carbonyl (C=O) groups excluding carboxylic acids is 2. The SMILES string of the molecule is Cc1c(C(=O)OCC(=O)c2cc(C)n(-c3ccon3)c2C)nnn1Cc1ccncc1. The Hall–Kier alpha value is -4.08. The Morgan fingerprint density at radius 3 is 2.58 bits per heavy atom. The average molecular weight is 420 g/mol. The van der Waals surface area contributed by atoms with Crippen LogP contribution in [-0.2, 0) is 11.3 Å². The monoisotopic (exact) mass is 420 g/mol. The van der Waals surface area contributed by atoms with Crippen molar-refractivity contribution in [3.8, 4) is 5.82 Å². The van der Waals surface area contributed by atoms with Crippen LogP contribution in [0.1, 0.15) is 43.5 Å². The number of carbonyl (C=O) groups is 2. The maximum atomic E-state index is 12.7.